The number of rotatable bonds is 5. The van der Waals surface area contributed by atoms with Crippen LogP contribution in [0.4, 0.5) is 5.00 Å². The zero-order valence-electron chi connectivity index (χ0n) is 16.6. The molecular formula is C22H27NO5S. The molecule has 3 aliphatic carbocycles. The molecule has 3 aliphatic rings. The minimum Gasteiger partial charge on any atom is -0.481 e. The number of amides is 1. The van der Waals surface area contributed by atoms with Gasteiger partial charge in [0.25, 0.3) is 0 Å². The molecule has 1 aromatic rings. The maximum Gasteiger partial charge on any atom is 0.341 e. The molecule has 2 bridgehead atoms. The van der Waals surface area contributed by atoms with Crippen LogP contribution >= 0.6 is 11.3 Å². The Hall–Kier alpha value is -2.15. The van der Waals surface area contributed by atoms with Crippen LogP contribution < -0.4 is 5.32 Å². The summed E-state index contributed by atoms with van der Waals surface area (Å²) in [6.45, 7) is 2.04. The molecule has 1 amide bonds. The van der Waals surface area contributed by atoms with E-state index in [0.717, 1.165) is 42.5 Å². The fraction of sp³-hybridized carbons (Fsp3) is 0.591. The van der Waals surface area contributed by atoms with Crippen LogP contribution in [0.1, 0.15) is 59.8 Å². The van der Waals surface area contributed by atoms with E-state index in [1.54, 1.807) is 6.92 Å². The molecule has 0 radical (unpaired) electrons. The molecule has 4 atom stereocenters. The summed E-state index contributed by atoms with van der Waals surface area (Å²) in [5, 5.41) is 13.1. The fourth-order valence-corrected chi connectivity index (χ4v) is 6.42. The number of carbonyl (C=O) groups is 3. The number of nitrogens with one attached hydrogen (secondary N) is 1. The number of hydrogen-bond acceptors (Lipinski definition) is 5. The predicted molar refractivity (Wildman–Crippen MR) is 110 cm³/mol. The summed E-state index contributed by atoms with van der Waals surface area (Å²) in [5.74, 6) is -3.04. The molecule has 0 unspecified atom stereocenters. The second-order valence-corrected chi connectivity index (χ2v) is 9.28. The molecule has 2 N–H and O–H groups in total. The van der Waals surface area contributed by atoms with E-state index in [2.05, 4.69) is 5.32 Å². The van der Waals surface area contributed by atoms with Crippen LogP contribution in [0.25, 0.3) is 0 Å². The van der Waals surface area contributed by atoms with E-state index in [0.29, 0.717) is 17.0 Å². The monoisotopic (exact) mass is 417 g/mol. The third-order valence-electron chi connectivity index (χ3n) is 6.43. The Morgan fingerprint density at radius 1 is 1.10 bits per heavy atom. The Morgan fingerprint density at radius 3 is 2.48 bits per heavy atom. The van der Waals surface area contributed by atoms with Crippen molar-refractivity contribution in [3.8, 4) is 0 Å². The van der Waals surface area contributed by atoms with Crippen LogP contribution in [0.5, 0.6) is 0 Å². The van der Waals surface area contributed by atoms with E-state index >= 15 is 0 Å². The number of ether oxygens (including phenoxy) is 1. The van der Waals surface area contributed by atoms with E-state index < -0.39 is 23.8 Å². The molecule has 1 heterocycles. The molecule has 0 spiro atoms. The molecule has 0 aliphatic heterocycles. The Morgan fingerprint density at radius 2 is 1.79 bits per heavy atom. The van der Waals surface area contributed by atoms with Gasteiger partial charge in [0.1, 0.15) is 5.00 Å². The second-order valence-electron chi connectivity index (χ2n) is 8.17. The molecule has 0 aromatic carbocycles. The second kappa shape index (κ2) is 8.30. The van der Waals surface area contributed by atoms with Gasteiger partial charge in [0.05, 0.1) is 24.0 Å². The lowest BCUT2D eigenvalue weighted by molar-refractivity contribution is -0.146. The minimum absolute atomic E-state index is 0.0480. The summed E-state index contributed by atoms with van der Waals surface area (Å²) < 4.78 is 5.29. The Balaban J connectivity index is 1.64. The number of allylic oxidation sites excluding steroid dienone is 2. The van der Waals surface area contributed by atoms with Gasteiger partial charge in [-0.2, -0.15) is 0 Å². The van der Waals surface area contributed by atoms with Crippen LogP contribution in [-0.4, -0.2) is 29.6 Å². The first-order chi connectivity index (χ1) is 14.0. The average Bonchev–Trinajstić information content (AvgIpc) is 3.35. The number of carboxylic acid groups (broad SMARTS) is 1. The molecule has 1 aromatic heterocycles. The highest BCUT2D eigenvalue weighted by molar-refractivity contribution is 7.17. The van der Waals surface area contributed by atoms with Gasteiger partial charge in [0.2, 0.25) is 5.91 Å². The minimum atomic E-state index is -0.925. The first-order valence-electron chi connectivity index (χ1n) is 10.5. The summed E-state index contributed by atoms with van der Waals surface area (Å²) in [6.07, 6.45) is 10.7. The van der Waals surface area contributed by atoms with Crippen molar-refractivity contribution in [2.75, 3.05) is 11.9 Å². The number of carboxylic acids is 1. The van der Waals surface area contributed by atoms with E-state index in [9.17, 15) is 19.5 Å². The zero-order valence-corrected chi connectivity index (χ0v) is 17.4. The van der Waals surface area contributed by atoms with Gasteiger partial charge < -0.3 is 15.2 Å². The third kappa shape index (κ3) is 3.72. The number of anilines is 1. The normalized spacial score (nSPS) is 27.8. The van der Waals surface area contributed by atoms with Crippen molar-refractivity contribution in [3.63, 3.8) is 0 Å². The third-order valence-corrected chi connectivity index (χ3v) is 7.64. The molecule has 4 rings (SSSR count). The van der Waals surface area contributed by atoms with Gasteiger partial charge in [-0.05, 0) is 56.4 Å². The molecule has 1 saturated carbocycles. The van der Waals surface area contributed by atoms with Gasteiger partial charge in [-0.1, -0.05) is 25.0 Å². The van der Waals surface area contributed by atoms with Crippen molar-refractivity contribution in [2.24, 2.45) is 23.7 Å². The number of aliphatic carboxylic acids is 1. The number of fused-ring (bicyclic) bond motifs is 3. The highest BCUT2D eigenvalue weighted by Crippen LogP contribution is 2.49. The van der Waals surface area contributed by atoms with Crippen LogP contribution in [0.15, 0.2) is 12.2 Å². The Bertz CT molecular complexity index is 858. The van der Waals surface area contributed by atoms with Gasteiger partial charge >= 0.3 is 11.9 Å². The standard InChI is InChI=1S/C22H27NO5S/c1-2-28-22(27)18-14-7-5-3-4-6-8-15(14)29-20(18)23-19(24)16-12-9-10-13(11-12)17(16)21(25)26/h9-10,12-13,16-17H,2-8,11H2,1H3,(H,23,24)(H,25,26)/t12-,13-,16-,17+/m0/s1. The molecule has 1 fully saturated rings. The van der Waals surface area contributed by atoms with Gasteiger partial charge in [-0.3, -0.25) is 9.59 Å². The SMILES string of the molecule is CCOC(=O)c1c(NC(=O)[C@@H]2[C@H](C(=O)O)[C@H]3C=C[C@H]2C3)sc2c1CCCCCC2. The lowest BCUT2D eigenvalue weighted by Crippen LogP contribution is -2.36. The lowest BCUT2D eigenvalue weighted by atomic mass is 9.82. The maximum absolute atomic E-state index is 13.1. The average molecular weight is 418 g/mol. The van der Waals surface area contributed by atoms with Crippen molar-refractivity contribution < 1.29 is 24.2 Å². The van der Waals surface area contributed by atoms with Crippen LogP contribution in [-0.2, 0) is 27.2 Å². The smallest absolute Gasteiger partial charge is 0.341 e. The summed E-state index contributed by atoms with van der Waals surface area (Å²) in [6, 6.07) is 0. The van der Waals surface area contributed by atoms with Crippen molar-refractivity contribution in [2.45, 2.75) is 51.9 Å². The summed E-state index contributed by atoms with van der Waals surface area (Å²) in [5.41, 5.74) is 1.48. The van der Waals surface area contributed by atoms with Gasteiger partial charge in [0, 0.05) is 4.88 Å². The topological polar surface area (TPSA) is 92.7 Å². The first-order valence-corrected chi connectivity index (χ1v) is 11.4. The number of esters is 1. The molecule has 156 valence electrons. The number of hydrogen-bond donors (Lipinski definition) is 2. The van der Waals surface area contributed by atoms with E-state index in [-0.39, 0.29) is 24.3 Å². The lowest BCUT2D eigenvalue weighted by Gasteiger charge is -2.23. The quantitative estimate of drug-likeness (QED) is 0.557. The largest absolute Gasteiger partial charge is 0.481 e. The number of aryl methyl sites for hydroxylation is 1. The molecular weight excluding hydrogens is 390 g/mol. The molecule has 7 heteroatoms. The van der Waals surface area contributed by atoms with Gasteiger partial charge in [-0.15, -0.1) is 11.3 Å². The summed E-state index contributed by atoms with van der Waals surface area (Å²) in [4.78, 5) is 38.8. The predicted octanol–water partition coefficient (Wildman–Crippen LogP) is 4.05. The Kier molecular flexibility index (Phi) is 5.76. The summed E-state index contributed by atoms with van der Waals surface area (Å²) >= 11 is 1.46. The maximum atomic E-state index is 13.1. The van der Waals surface area contributed by atoms with Gasteiger partial charge in [-0.25, -0.2) is 4.79 Å². The summed E-state index contributed by atoms with van der Waals surface area (Å²) in [7, 11) is 0. The van der Waals surface area contributed by atoms with Crippen molar-refractivity contribution >= 4 is 34.2 Å². The molecule has 29 heavy (non-hydrogen) atoms. The molecule has 6 nitrogen and oxygen atoms in total. The highest BCUT2D eigenvalue weighted by atomic mass is 32.1. The highest BCUT2D eigenvalue weighted by Gasteiger charge is 2.51. The van der Waals surface area contributed by atoms with E-state index in [1.165, 1.54) is 17.8 Å². The van der Waals surface area contributed by atoms with Crippen molar-refractivity contribution in [3.05, 3.63) is 28.2 Å². The Labute approximate surface area is 174 Å². The number of carbonyl (C=O) groups excluding carboxylic acids is 2. The van der Waals surface area contributed by atoms with Crippen LogP contribution in [0.3, 0.4) is 0 Å². The molecule has 0 saturated heterocycles. The number of thiophene rings is 1. The fourth-order valence-electron chi connectivity index (χ4n) is 5.14. The van der Waals surface area contributed by atoms with Gasteiger partial charge in [0.15, 0.2) is 0 Å². The van der Waals surface area contributed by atoms with E-state index in [4.69, 9.17) is 4.74 Å². The first kappa shape index (κ1) is 20.1. The van der Waals surface area contributed by atoms with Crippen LogP contribution in [0.2, 0.25) is 0 Å². The van der Waals surface area contributed by atoms with E-state index in [1.807, 2.05) is 12.2 Å². The zero-order chi connectivity index (χ0) is 20.5. The van der Waals surface area contributed by atoms with Crippen molar-refractivity contribution in [1.82, 2.24) is 0 Å². The van der Waals surface area contributed by atoms with Crippen LogP contribution in [0, 0.1) is 23.7 Å². The van der Waals surface area contributed by atoms with Crippen molar-refractivity contribution in [1.29, 1.82) is 0 Å².